The van der Waals surface area contributed by atoms with E-state index in [2.05, 4.69) is 15.8 Å². The number of amides is 2. The van der Waals surface area contributed by atoms with Gasteiger partial charge in [-0.1, -0.05) is 59.6 Å². The molecule has 0 aromatic heterocycles. The molecule has 128 valence electrons. The zero-order valence-corrected chi connectivity index (χ0v) is 14.6. The summed E-state index contributed by atoms with van der Waals surface area (Å²) in [5, 5.41) is 7.47. The van der Waals surface area contributed by atoms with Crippen LogP contribution in [-0.2, 0) is 9.59 Å². The number of benzene rings is 2. The standard InChI is InChI=1S/C18H15Cl2N3O2/c19-14-7-4-8-15(20)13(14)10-22-23-18(25)16-12(9-21-17(16)24)11-5-2-1-3-6-11/h1-8,10,12,16H,9H2,(H,21,24)(H,23,25)/b22-10+. The smallest absolute Gasteiger partial charge is 0.253 e. The Balaban J connectivity index is 1.73. The minimum absolute atomic E-state index is 0.229. The van der Waals surface area contributed by atoms with E-state index in [0.717, 1.165) is 5.56 Å². The van der Waals surface area contributed by atoms with E-state index in [0.29, 0.717) is 22.2 Å². The molecule has 0 spiro atoms. The van der Waals surface area contributed by atoms with Gasteiger partial charge in [-0.2, -0.15) is 5.10 Å². The van der Waals surface area contributed by atoms with Crippen LogP contribution in [0.4, 0.5) is 0 Å². The van der Waals surface area contributed by atoms with Crippen LogP contribution in [0, 0.1) is 5.92 Å². The SMILES string of the molecule is O=C1NCC(c2ccccc2)C1C(=O)N/N=C/c1c(Cl)cccc1Cl. The molecule has 1 heterocycles. The maximum Gasteiger partial charge on any atom is 0.253 e. The van der Waals surface area contributed by atoms with Crippen LogP contribution in [0.5, 0.6) is 0 Å². The summed E-state index contributed by atoms with van der Waals surface area (Å²) < 4.78 is 0. The Hall–Kier alpha value is -2.37. The molecule has 1 aliphatic heterocycles. The number of hydrogen-bond donors (Lipinski definition) is 2. The largest absolute Gasteiger partial charge is 0.355 e. The quantitative estimate of drug-likeness (QED) is 0.489. The van der Waals surface area contributed by atoms with Gasteiger partial charge in [0.25, 0.3) is 5.91 Å². The highest BCUT2D eigenvalue weighted by molar-refractivity contribution is 6.38. The predicted octanol–water partition coefficient (Wildman–Crippen LogP) is 2.97. The van der Waals surface area contributed by atoms with E-state index in [1.165, 1.54) is 6.21 Å². The zero-order chi connectivity index (χ0) is 17.8. The second-order valence-electron chi connectivity index (χ2n) is 5.61. The van der Waals surface area contributed by atoms with Crippen LogP contribution in [-0.4, -0.2) is 24.6 Å². The van der Waals surface area contributed by atoms with E-state index < -0.39 is 11.8 Å². The first-order valence-corrected chi connectivity index (χ1v) is 8.43. The number of hydrogen-bond acceptors (Lipinski definition) is 3. The molecule has 2 aromatic carbocycles. The number of hydrazone groups is 1. The van der Waals surface area contributed by atoms with E-state index >= 15 is 0 Å². The van der Waals surface area contributed by atoms with Crippen LogP contribution in [0.25, 0.3) is 0 Å². The molecule has 3 rings (SSSR count). The first kappa shape index (κ1) is 17.5. The summed E-state index contributed by atoms with van der Waals surface area (Å²) in [5.41, 5.74) is 3.84. The molecule has 0 aliphatic carbocycles. The van der Waals surface area contributed by atoms with E-state index in [-0.39, 0.29) is 11.8 Å². The summed E-state index contributed by atoms with van der Waals surface area (Å²) in [6.07, 6.45) is 1.37. The topological polar surface area (TPSA) is 70.6 Å². The van der Waals surface area contributed by atoms with E-state index in [4.69, 9.17) is 23.2 Å². The van der Waals surface area contributed by atoms with Gasteiger partial charge in [-0.3, -0.25) is 9.59 Å². The van der Waals surface area contributed by atoms with Crippen molar-refractivity contribution in [2.24, 2.45) is 11.0 Å². The van der Waals surface area contributed by atoms with Crippen LogP contribution in [0.1, 0.15) is 17.0 Å². The van der Waals surface area contributed by atoms with Crippen molar-refractivity contribution < 1.29 is 9.59 Å². The van der Waals surface area contributed by atoms with Gasteiger partial charge in [0.05, 0.1) is 16.3 Å². The van der Waals surface area contributed by atoms with Gasteiger partial charge in [0, 0.05) is 18.0 Å². The van der Waals surface area contributed by atoms with Gasteiger partial charge in [-0.25, -0.2) is 5.43 Å². The monoisotopic (exact) mass is 375 g/mol. The second kappa shape index (κ2) is 7.68. The first-order chi connectivity index (χ1) is 12.1. The molecule has 2 unspecified atom stereocenters. The number of carbonyl (C=O) groups is 2. The Morgan fingerprint density at radius 2 is 1.80 bits per heavy atom. The molecule has 1 fully saturated rings. The Morgan fingerprint density at radius 1 is 1.12 bits per heavy atom. The van der Waals surface area contributed by atoms with Crippen molar-refractivity contribution >= 4 is 41.2 Å². The molecule has 0 radical (unpaired) electrons. The maximum atomic E-state index is 12.4. The van der Waals surface area contributed by atoms with Gasteiger partial charge >= 0.3 is 0 Å². The van der Waals surface area contributed by atoms with Crippen molar-refractivity contribution in [3.63, 3.8) is 0 Å². The van der Waals surface area contributed by atoms with Crippen molar-refractivity contribution in [1.82, 2.24) is 10.7 Å². The zero-order valence-electron chi connectivity index (χ0n) is 13.1. The average Bonchev–Trinajstić information content (AvgIpc) is 3.00. The summed E-state index contributed by atoms with van der Waals surface area (Å²) in [6, 6.07) is 14.5. The van der Waals surface area contributed by atoms with Crippen molar-refractivity contribution in [1.29, 1.82) is 0 Å². The Kier molecular flexibility index (Phi) is 5.36. The van der Waals surface area contributed by atoms with Gasteiger partial charge in [0.1, 0.15) is 5.92 Å². The minimum Gasteiger partial charge on any atom is -0.355 e. The number of carbonyl (C=O) groups excluding carboxylic acids is 2. The van der Waals surface area contributed by atoms with Crippen LogP contribution in [0.15, 0.2) is 53.6 Å². The first-order valence-electron chi connectivity index (χ1n) is 7.67. The third-order valence-electron chi connectivity index (χ3n) is 4.06. The normalized spacial score (nSPS) is 19.8. The van der Waals surface area contributed by atoms with Gasteiger partial charge in [0.15, 0.2) is 0 Å². The second-order valence-corrected chi connectivity index (χ2v) is 6.42. The fraction of sp³-hybridized carbons (Fsp3) is 0.167. The van der Waals surface area contributed by atoms with E-state index in [1.807, 2.05) is 30.3 Å². The summed E-state index contributed by atoms with van der Waals surface area (Å²) in [4.78, 5) is 24.5. The van der Waals surface area contributed by atoms with E-state index in [1.54, 1.807) is 18.2 Å². The molecule has 5 nitrogen and oxygen atoms in total. The van der Waals surface area contributed by atoms with Crippen LogP contribution in [0.3, 0.4) is 0 Å². The highest BCUT2D eigenvalue weighted by Gasteiger charge is 2.40. The van der Waals surface area contributed by atoms with Crippen molar-refractivity contribution in [3.8, 4) is 0 Å². The molecule has 1 aliphatic rings. The Labute approximate surface area is 155 Å². The number of rotatable bonds is 4. The van der Waals surface area contributed by atoms with Crippen LogP contribution >= 0.6 is 23.2 Å². The molecule has 0 saturated carbocycles. The minimum atomic E-state index is -0.832. The van der Waals surface area contributed by atoms with Crippen molar-refractivity contribution in [3.05, 3.63) is 69.7 Å². The predicted molar refractivity (Wildman–Crippen MR) is 97.9 cm³/mol. The fourth-order valence-corrected chi connectivity index (χ4v) is 3.29. The maximum absolute atomic E-state index is 12.4. The lowest BCUT2D eigenvalue weighted by Gasteiger charge is -2.15. The molecule has 2 atom stereocenters. The van der Waals surface area contributed by atoms with Gasteiger partial charge < -0.3 is 5.32 Å². The number of nitrogens with one attached hydrogen (secondary N) is 2. The fourth-order valence-electron chi connectivity index (χ4n) is 2.80. The van der Waals surface area contributed by atoms with E-state index in [9.17, 15) is 9.59 Å². The van der Waals surface area contributed by atoms with Crippen LogP contribution in [0.2, 0.25) is 10.0 Å². The molecule has 1 saturated heterocycles. The molecule has 2 amide bonds. The third kappa shape index (κ3) is 3.83. The lowest BCUT2D eigenvalue weighted by Crippen LogP contribution is -2.34. The summed E-state index contributed by atoms with van der Waals surface area (Å²) >= 11 is 12.1. The molecular formula is C18H15Cl2N3O2. The molecule has 2 N–H and O–H groups in total. The highest BCUT2D eigenvalue weighted by atomic mass is 35.5. The lowest BCUT2D eigenvalue weighted by atomic mass is 9.88. The van der Waals surface area contributed by atoms with Gasteiger partial charge in [0.2, 0.25) is 5.91 Å². The van der Waals surface area contributed by atoms with Gasteiger partial charge in [-0.15, -0.1) is 0 Å². The number of nitrogens with zero attached hydrogens (tertiary/aromatic N) is 1. The molecule has 25 heavy (non-hydrogen) atoms. The molecule has 0 bridgehead atoms. The Bertz CT molecular complexity index is 804. The van der Waals surface area contributed by atoms with Crippen molar-refractivity contribution in [2.45, 2.75) is 5.92 Å². The summed E-state index contributed by atoms with van der Waals surface area (Å²) in [7, 11) is 0. The number of halogens is 2. The molecule has 7 heteroatoms. The average molecular weight is 376 g/mol. The van der Waals surface area contributed by atoms with Crippen molar-refractivity contribution in [2.75, 3.05) is 6.54 Å². The molecular weight excluding hydrogens is 361 g/mol. The Morgan fingerprint density at radius 3 is 2.48 bits per heavy atom. The molecule has 2 aromatic rings. The summed E-state index contributed by atoms with van der Waals surface area (Å²) in [5.74, 6) is -1.84. The van der Waals surface area contributed by atoms with Gasteiger partial charge in [-0.05, 0) is 17.7 Å². The third-order valence-corrected chi connectivity index (χ3v) is 4.72. The summed E-state index contributed by atoms with van der Waals surface area (Å²) in [6.45, 7) is 0.418. The highest BCUT2D eigenvalue weighted by Crippen LogP contribution is 2.29. The lowest BCUT2D eigenvalue weighted by molar-refractivity contribution is -0.133. The van der Waals surface area contributed by atoms with Crippen LogP contribution < -0.4 is 10.7 Å².